The lowest BCUT2D eigenvalue weighted by Gasteiger charge is -2.01. The Morgan fingerprint density at radius 3 is 2.71 bits per heavy atom. The van der Waals surface area contributed by atoms with E-state index in [4.69, 9.17) is 0 Å². The Hall–Kier alpha value is -1.64. The average Bonchev–Trinajstić information content (AvgIpc) is 3.00. The van der Waals surface area contributed by atoms with Gasteiger partial charge in [-0.25, -0.2) is 0 Å². The van der Waals surface area contributed by atoms with Crippen molar-refractivity contribution in [2.45, 2.75) is 18.8 Å². The number of hydrogen-bond donors (Lipinski definition) is 0. The van der Waals surface area contributed by atoms with Crippen molar-refractivity contribution < 1.29 is 4.92 Å². The van der Waals surface area contributed by atoms with Crippen LogP contribution in [0.1, 0.15) is 29.9 Å². The first-order valence-corrected chi connectivity index (χ1v) is 4.63. The fourth-order valence-corrected chi connectivity index (χ4v) is 1.59. The Morgan fingerprint density at radius 1 is 1.50 bits per heavy atom. The molecule has 0 radical (unpaired) electrons. The minimum atomic E-state index is -0.305. The highest BCUT2D eigenvalue weighted by Gasteiger charge is 2.30. The van der Waals surface area contributed by atoms with E-state index in [1.165, 1.54) is 0 Å². The Kier molecular flexibility index (Phi) is 2.08. The maximum Gasteiger partial charge on any atom is 0.272 e. The summed E-state index contributed by atoms with van der Waals surface area (Å²) >= 11 is 0. The number of nitrogens with zero attached hydrogens (tertiary/aromatic N) is 1. The maximum atomic E-state index is 10.7. The largest absolute Gasteiger partial charge is 0.272 e. The van der Waals surface area contributed by atoms with E-state index in [0.29, 0.717) is 5.92 Å². The van der Waals surface area contributed by atoms with Gasteiger partial charge in [-0.05, 0) is 36.5 Å². The molecule has 0 N–H and O–H groups in total. The quantitative estimate of drug-likeness (QED) is 0.541. The van der Waals surface area contributed by atoms with Crippen molar-refractivity contribution in [3.8, 4) is 0 Å². The van der Waals surface area contributed by atoms with Crippen LogP contribution in [-0.4, -0.2) is 4.92 Å². The molecule has 0 heterocycles. The normalized spacial score (nSPS) is 15.1. The Balaban J connectivity index is 2.48. The van der Waals surface area contributed by atoms with E-state index in [0.717, 1.165) is 24.0 Å². The number of benzene rings is 1. The molecule has 0 bridgehead atoms. The van der Waals surface area contributed by atoms with Gasteiger partial charge < -0.3 is 0 Å². The monoisotopic (exact) mass is 189 g/mol. The van der Waals surface area contributed by atoms with Gasteiger partial charge in [0.2, 0.25) is 0 Å². The molecule has 72 valence electrons. The van der Waals surface area contributed by atoms with Crippen LogP contribution < -0.4 is 0 Å². The predicted octanol–water partition coefficient (Wildman–Crippen LogP) is 3.12. The summed E-state index contributed by atoms with van der Waals surface area (Å²) in [7, 11) is 0. The molecule has 0 spiro atoms. The Morgan fingerprint density at radius 2 is 2.21 bits per heavy atom. The number of nitro groups is 1. The van der Waals surface area contributed by atoms with Gasteiger partial charge in [0.1, 0.15) is 0 Å². The summed E-state index contributed by atoms with van der Waals surface area (Å²) in [5.74, 6) is 0.398. The van der Waals surface area contributed by atoms with Crippen LogP contribution in [0.3, 0.4) is 0 Å². The van der Waals surface area contributed by atoms with Gasteiger partial charge >= 0.3 is 0 Å². The van der Waals surface area contributed by atoms with E-state index < -0.39 is 0 Å². The number of hydrogen-bond acceptors (Lipinski definition) is 2. The van der Waals surface area contributed by atoms with Crippen LogP contribution in [0.15, 0.2) is 24.8 Å². The molecule has 1 fully saturated rings. The van der Waals surface area contributed by atoms with Crippen molar-refractivity contribution in [1.82, 2.24) is 0 Å². The van der Waals surface area contributed by atoms with E-state index >= 15 is 0 Å². The summed E-state index contributed by atoms with van der Waals surface area (Å²) in [5, 5.41) is 10.7. The summed E-state index contributed by atoms with van der Waals surface area (Å²) in [6, 6.07) is 5.18. The van der Waals surface area contributed by atoms with Crippen molar-refractivity contribution in [1.29, 1.82) is 0 Å². The highest BCUT2D eigenvalue weighted by atomic mass is 16.6. The fourth-order valence-electron chi connectivity index (χ4n) is 1.59. The third-order valence-electron chi connectivity index (χ3n) is 2.50. The van der Waals surface area contributed by atoms with Crippen LogP contribution in [0, 0.1) is 10.1 Å². The second-order valence-electron chi connectivity index (χ2n) is 3.55. The third-order valence-corrected chi connectivity index (χ3v) is 2.50. The molecule has 0 aliphatic heterocycles. The molecule has 14 heavy (non-hydrogen) atoms. The molecular weight excluding hydrogens is 178 g/mol. The zero-order chi connectivity index (χ0) is 10.1. The molecule has 2 rings (SSSR count). The van der Waals surface area contributed by atoms with Crippen molar-refractivity contribution >= 4 is 11.8 Å². The Labute approximate surface area is 82.2 Å². The zero-order valence-electron chi connectivity index (χ0n) is 7.77. The summed E-state index contributed by atoms with van der Waals surface area (Å²) in [6.45, 7) is 3.66. The minimum absolute atomic E-state index is 0.248. The van der Waals surface area contributed by atoms with Crippen LogP contribution in [0.25, 0.3) is 6.08 Å². The van der Waals surface area contributed by atoms with Gasteiger partial charge in [0.15, 0.2) is 0 Å². The molecule has 0 saturated heterocycles. The summed E-state index contributed by atoms with van der Waals surface area (Å²) in [5.41, 5.74) is 2.07. The standard InChI is InChI=1S/C11H11NO2/c1-2-8-3-6-11(12(13)14)10(7-8)9-4-5-9/h2-3,6-7,9H,1,4-5H2. The summed E-state index contributed by atoms with van der Waals surface area (Å²) in [4.78, 5) is 10.4. The lowest BCUT2D eigenvalue weighted by atomic mass is 10.0. The van der Waals surface area contributed by atoms with Crippen molar-refractivity contribution in [3.63, 3.8) is 0 Å². The SMILES string of the molecule is C=Cc1ccc([N+](=O)[O-])c(C2CC2)c1. The molecular formula is C11H11NO2. The maximum absolute atomic E-state index is 10.7. The van der Waals surface area contributed by atoms with E-state index in [1.807, 2.05) is 6.07 Å². The summed E-state index contributed by atoms with van der Waals surface area (Å²) in [6.07, 6.45) is 3.86. The first-order chi connectivity index (χ1) is 6.72. The number of nitro benzene ring substituents is 1. The van der Waals surface area contributed by atoms with Crippen LogP contribution in [-0.2, 0) is 0 Å². The van der Waals surface area contributed by atoms with Crippen molar-refractivity contribution in [3.05, 3.63) is 46.0 Å². The van der Waals surface area contributed by atoms with E-state index in [-0.39, 0.29) is 10.6 Å². The third kappa shape index (κ3) is 1.53. The van der Waals surface area contributed by atoms with Gasteiger partial charge in [-0.1, -0.05) is 12.7 Å². The van der Waals surface area contributed by atoms with Gasteiger partial charge in [-0.2, -0.15) is 0 Å². The molecule has 3 heteroatoms. The zero-order valence-corrected chi connectivity index (χ0v) is 7.77. The lowest BCUT2D eigenvalue weighted by Crippen LogP contribution is -1.94. The molecule has 3 nitrogen and oxygen atoms in total. The minimum Gasteiger partial charge on any atom is -0.258 e. The van der Waals surface area contributed by atoms with E-state index in [2.05, 4.69) is 6.58 Å². The molecule has 1 aliphatic carbocycles. The smallest absolute Gasteiger partial charge is 0.258 e. The van der Waals surface area contributed by atoms with E-state index in [9.17, 15) is 10.1 Å². The van der Waals surface area contributed by atoms with Crippen molar-refractivity contribution in [2.24, 2.45) is 0 Å². The highest BCUT2D eigenvalue weighted by Crippen LogP contribution is 2.44. The predicted molar refractivity (Wildman–Crippen MR) is 55.2 cm³/mol. The molecule has 1 aliphatic rings. The molecule has 0 aromatic heterocycles. The molecule has 0 unspecified atom stereocenters. The van der Waals surface area contributed by atoms with Crippen LogP contribution >= 0.6 is 0 Å². The van der Waals surface area contributed by atoms with Crippen LogP contribution in [0.2, 0.25) is 0 Å². The first kappa shape index (κ1) is 8.94. The highest BCUT2D eigenvalue weighted by molar-refractivity contribution is 5.55. The van der Waals surface area contributed by atoms with Crippen LogP contribution in [0.5, 0.6) is 0 Å². The second-order valence-corrected chi connectivity index (χ2v) is 3.55. The van der Waals surface area contributed by atoms with Gasteiger partial charge in [0.05, 0.1) is 4.92 Å². The number of rotatable bonds is 3. The van der Waals surface area contributed by atoms with Gasteiger partial charge in [-0.15, -0.1) is 0 Å². The first-order valence-electron chi connectivity index (χ1n) is 4.63. The van der Waals surface area contributed by atoms with Gasteiger partial charge in [-0.3, -0.25) is 10.1 Å². The topological polar surface area (TPSA) is 43.1 Å². The van der Waals surface area contributed by atoms with Crippen LogP contribution in [0.4, 0.5) is 5.69 Å². The molecule has 1 saturated carbocycles. The van der Waals surface area contributed by atoms with E-state index in [1.54, 1.807) is 18.2 Å². The Bertz CT molecular complexity index is 394. The fraction of sp³-hybridized carbons (Fsp3) is 0.273. The molecule has 0 atom stereocenters. The average molecular weight is 189 g/mol. The van der Waals surface area contributed by atoms with Crippen molar-refractivity contribution in [2.75, 3.05) is 0 Å². The lowest BCUT2D eigenvalue weighted by molar-refractivity contribution is -0.385. The second kappa shape index (κ2) is 3.25. The molecule has 1 aromatic carbocycles. The van der Waals surface area contributed by atoms with Gasteiger partial charge in [0.25, 0.3) is 5.69 Å². The van der Waals surface area contributed by atoms with Gasteiger partial charge in [0, 0.05) is 11.6 Å². The molecule has 1 aromatic rings. The summed E-state index contributed by atoms with van der Waals surface area (Å²) < 4.78 is 0. The molecule has 0 amide bonds.